The first kappa shape index (κ1) is 32.4. The number of methoxy groups -OCH3 is 1. The minimum absolute atomic E-state index is 0.0474. The molecule has 0 atom stereocenters. The summed E-state index contributed by atoms with van der Waals surface area (Å²) in [5, 5.41) is 10.5. The predicted octanol–water partition coefficient (Wildman–Crippen LogP) is 7.75. The van der Waals surface area contributed by atoms with Gasteiger partial charge in [0, 0.05) is 32.7 Å². The highest BCUT2D eigenvalue weighted by atomic mass is 35.5. The second-order valence-electron chi connectivity index (χ2n) is 9.60. The number of hydrogen-bond donors (Lipinski definition) is 3. The lowest BCUT2D eigenvalue weighted by atomic mass is 10.1. The van der Waals surface area contributed by atoms with Gasteiger partial charge in [0.25, 0.3) is 11.8 Å². The van der Waals surface area contributed by atoms with Gasteiger partial charge >= 0.3 is 0 Å². The van der Waals surface area contributed by atoms with Gasteiger partial charge in [0.2, 0.25) is 5.91 Å². The quantitative estimate of drug-likeness (QED) is 0.0978. The van der Waals surface area contributed by atoms with Crippen molar-refractivity contribution in [3.8, 4) is 17.0 Å². The molecule has 0 unspecified atom stereocenters. The molecule has 0 aliphatic rings. The molecule has 0 fully saturated rings. The highest BCUT2D eigenvalue weighted by Crippen LogP contribution is 2.28. The molecular weight excluding hydrogens is 647 g/mol. The number of thioether (sulfide) groups is 1. The Morgan fingerprint density at radius 1 is 0.957 bits per heavy atom. The van der Waals surface area contributed by atoms with Crippen LogP contribution in [0.25, 0.3) is 17.3 Å². The van der Waals surface area contributed by atoms with Gasteiger partial charge < -0.3 is 20.7 Å². The van der Waals surface area contributed by atoms with Crippen LogP contribution in [-0.4, -0.2) is 35.6 Å². The van der Waals surface area contributed by atoms with Gasteiger partial charge in [0.15, 0.2) is 5.13 Å². The lowest BCUT2D eigenvalue weighted by molar-refractivity contribution is -0.114. The van der Waals surface area contributed by atoms with Crippen molar-refractivity contribution in [2.75, 3.05) is 23.5 Å². The molecule has 0 spiro atoms. The number of aromatic nitrogens is 1. The molecule has 5 rings (SSSR count). The number of nitrogens with one attached hydrogen (secondary N) is 3. The number of carbonyl (C=O) groups is 3. The summed E-state index contributed by atoms with van der Waals surface area (Å²) < 4.78 is 19.9. The van der Waals surface area contributed by atoms with Crippen LogP contribution in [0.2, 0.25) is 5.02 Å². The monoisotopic (exact) mass is 672 g/mol. The van der Waals surface area contributed by atoms with Crippen LogP contribution >= 0.6 is 34.7 Å². The average molecular weight is 673 g/mol. The van der Waals surface area contributed by atoms with Crippen LogP contribution in [0.1, 0.15) is 15.9 Å². The van der Waals surface area contributed by atoms with E-state index in [1.54, 1.807) is 61.7 Å². The van der Waals surface area contributed by atoms with Gasteiger partial charge in [-0.3, -0.25) is 14.4 Å². The maximum Gasteiger partial charge on any atom is 0.272 e. The van der Waals surface area contributed by atoms with Crippen LogP contribution in [-0.2, 0) is 9.59 Å². The molecule has 3 amide bonds. The highest BCUT2D eigenvalue weighted by Gasteiger charge is 2.18. The van der Waals surface area contributed by atoms with E-state index in [2.05, 4.69) is 20.9 Å². The van der Waals surface area contributed by atoms with E-state index in [-0.39, 0.29) is 27.9 Å². The van der Waals surface area contributed by atoms with E-state index in [4.69, 9.17) is 16.3 Å². The SMILES string of the molecule is COc1cccc(-c2csc(NC(=O)CSc3cccc(NC(=O)/C(=C\c4c(F)cccc4Cl)NC(=O)c4ccccc4)c3)n2)c1. The van der Waals surface area contributed by atoms with Crippen molar-refractivity contribution in [3.63, 3.8) is 0 Å². The molecule has 4 aromatic carbocycles. The van der Waals surface area contributed by atoms with Gasteiger partial charge in [-0.25, -0.2) is 9.37 Å². The van der Waals surface area contributed by atoms with Crippen LogP contribution < -0.4 is 20.7 Å². The molecular formula is C34H26ClFN4O4S2. The van der Waals surface area contributed by atoms with Crippen LogP contribution in [0.15, 0.2) is 113 Å². The average Bonchev–Trinajstić information content (AvgIpc) is 3.54. The Labute approximate surface area is 277 Å². The van der Waals surface area contributed by atoms with Gasteiger partial charge in [-0.1, -0.05) is 54.1 Å². The maximum absolute atomic E-state index is 14.6. The summed E-state index contributed by atoms with van der Waals surface area (Å²) in [6, 6.07) is 26.8. The maximum atomic E-state index is 14.6. The molecule has 3 N–H and O–H groups in total. The molecule has 0 saturated heterocycles. The third-order valence-electron chi connectivity index (χ3n) is 6.40. The molecule has 0 aliphatic carbocycles. The Bertz CT molecular complexity index is 1900. The largest absolute Gasteiger partial charge is 0.497 e. The van der Waals surface area contributed by atoms with E-state index in [1.165, 1.54) is 47.4 Å². The van der Waals surface area contributed by atoms with Crippen molar-refractivity contribution in [2.45, 2.75) is 4.90 Å². The molecule has 5 aromatic rings. The van der Waals surface area contributed by atoms with Crippen LogP contribution in [0.3, 0.4) is 0 Å². The van der Waals surface area contributed by atoms with Crippen molar-refractivity contribution >= 4 is 69.3 Å². The van der Waals surface area contributed by atoms with E-state index in [1.807, 2.05) is 29.6 Å². The highest BCUT2D eigenvalue weighted by molar-refractivity contribution is 8.00. The fourth-order valence-electron chi connectivity index (χ4n) is 4.15. The summed E-state index contributed by atoms with van der Waals surface area (Å²) in [5.41, 5.74) is 2.05. The van der Waals surface area contributed by atoms with Crippen molar-refractivity contribution < 1.29 is 23.5 Å². The summed E-state index contributed by atoms with van der Waals surface area (Å²) in [5.74, 6) is -1.35. The Morgan fingerprint density at radius 2 is 1.74 bits per heavy atom. The number of thiazole rings is 1. The third-order valence-corrected chi connectivity index (χ3v) is 8.48. The smallest absolute Gasteiger partial charge is 0.272 e. The van der Waals surface area contributed by atoms with Crippen LogP contribution in [0.4, 0.5) is 15.2 Å². The summed E-state index contributed by atoms with van der Waals surface area (Å²) in [6.45, 7) is 0. The molecule has 0 radical (unpaired) electrons. The minimum Gasteiger partial charge on any atom is -0.497 e. The van der Waals surface area contributed by atoms with Crippen molar-refractivity contribution in [1.82, 2.24) is 10.3 Å². The molecule has 0 aliphatic heterocycles. The molecule has 12 heteroatoms. The van der Waals surface area contributed by atoms with Gasteiger partial charge in [0.05, 0.1) is 23.6 Å². The number of anilines is 2. The van der Waals surface area contributed by atoms with E-state index < -0.39 is 17.6 Å². The lowest BCUT2D eigenvalue weighted by Gasteiger charge is -2.13. The first-order chi connectivity index (χ1) is 22.3. The summed E-state index contributed by atoms with van der Waals surface area (Å²) >= 11 is 8.77. The van der Waals surface area contributed by atoms with Crippen molar-refractivity contribution in [2.24, 2.45) is 0 Å². The van der Waals surface area contributed by atoms with Gasteiger partial charge in [-0.05, 0) is 60.7 Å². The van der Waals surface area contributed by atoms with Gasteiger partial charge in [-0.15, -0.1) is 23.1 Å². The second-order valence-corrected chi connectivity index (χ2v) is 11.9. The van der Waals surface area contributed by atoms with Crippen LogP contribution in [0, 0.1) is 5.82 Å². The van der Waals surface area contributed by atoms with Gasteiger partial charge in [0.1, 0.15) is 17.3 Å². The first-order valence-corrected chi connectivity index (χ1v) is 16.0. The number of carbonyl (C=O) groups excluding carboxylic acids is 3. The lowest BCUT2D eigenvalue weighted by Crippen LogP contribution is -2.30. The Hall–Kier alpha value is -4.97. The number of benzene rings is 4. The zero-order chi connectivity index (χ0) is 32.5. The third kappa shape index (κ3) is 8.60. The topological polar surface area (TPSA) is 109 Å². The number of rotatable bonds is 11. The zero-order valence-electron chi connectivity index (χ0n) is 24.3. The Balaban J connectivity index is 1.24. The number of amides is 3. The molecule has 0 bridgehead atoms. The van der Waals surface area contributed by atoms with E-state index in [0.29, 0.717) is 27.0 Å². The number of nitrogens with zero attached hydrogens (tertiary/aromatic N) is 1. The molecule has 1 heterocycles. The molecule has 1 aromatic heterocycles. The first-order valence-electron chi connectivity index (χ1n) is 13.7. The normalized spacial score (nSPS) is 11.1. The standard InChI is InChI=1S/C34H26ClFN4O4S2/c1-44-24-12-5-10-22(16-24)30-19-46-34(39-30)40-31(41)20-45-25-13-6-11-23(17-25)37-33(43)29(18-26-27(35)14-7-15-28(26)36)38-32(42)21-8-3-2-4-9-21/h2-19H,20H2,1H3,(H,37,43)(H,38,42)(H,39,40,41)/b29-18+. The zero-order valence-corrected chi connectivity index (χ0v) is 26.6. The fraction of sp³-hybridized carbons (Fsp3) is 0.0588. The molecule has 46 heavy (non-hydrogen) atoms. The van der Waals surface area contributed by atoms with Crippen LogP contribution in [0.5, 0.6) is 5.75 Å². The second kappa shape index (κ2) is 15.3. The summed E-state index contributed by atoms with van der Waals surface area (Å²) in [6.07, 6.45) is 1.19. The number of hydrogen-bond acceptors (Lipinski definition) is 7. The van der Waals surface area contributed by atoms with E-state index in [9.17, 15) is 18.8 Å². The Morgan fingerprint density at radius 3 is 2.52 bits per heavy atom. The van der Waals surface area contributed by atoms with Crippen molar-refractivity contribution in [3.05, 3.63) is 130 Å². The Kier molecular flexibility index (Phi) is 10.8. The molecule has 8 nitrogen and oxygen atoms in total. The summed E-state index contributed by atoms with van der Waals surface area (Å²) in [7, 11) is 1.60. The fourth-order valence-corrected chi connectivity index (χ4v) is 5.86. The number of ether oxygens (including phenoxy) is 1. The van der Waals surface area contributed by atoms with Gasteiger partial charge in [-0.2, -0.15) is 0 Å². The van der Waals surface area contributed by atoms with E-state index >= 15 is 0 Å². The number of halogens is 2. The van der Waals surface area contributed by atoms with E-state index in [0.717, 1.165) is 11.3 Å². The summed E-state index contributed by atoms with van der Waals surface area (Å²) in [4.78, 5) is 44.2. The molecule has 232 valence electrons. The van der Waals surface area contributed by atoms with Crippen molar-refractivity contribution in [1.29, 1.82) is 0 Å². The predicted molar refractivity (Wildman–Crippen MR) is 182 cm³/mol. The molecule has 0 saturated carbocycles. The minimum atomic E-state index is -0.695.